The van der Waals surface area contributed by atoms with Crippen molar-refractivity contribution in [3.05, 3.63) is 21.9 Å². The van der Waals surface area contributed by atoms with Crippen LogP contribution in [0.3, 0.4) is 0 Å². The Hall–Kier alpha value is -1.36. The Bertz CT molecular complexity index is 418. The number of carbonyl (C=O) groups excluding carboxylic acids is 2. The van der Waals surface area contributed by atoms with Gasteiger partial charge in [-0.3, -0.25) is 4.79 Å². The summed E-state index contributed by atoms with van der Waals surface area (Å²) in [5.74, 6) is -0.0941. The number of alkyl carbamates (subject to hydrolysis) is 1. The summed E-state index contributed by atoms with van der Waals surface area (Å²) in [6.07, 6.45) is -0.569. The van der Waals surface area contributed by atoms with Crippen molar-refractivity contribution in [3.8, 4) is 0 Å². The first-order chi connectivity index (χ1) is 7.79. The summed E-state index contributed by atoms with van der Waals surface area (Å²) >= 11 is 1.38. The molecule has 0 aliphatic heterocycles. The van der Waals surface area contributed by atoms with E-state index in [9.17, 15) is 9.59 Å². The average Bonchev–Trinajstić information content (AvgIpc) is 2.58. The Morgan fingerprint density at radius 3 is 2.53 bits per heavy atom. The molecule has 0 spiro atoms. The Kier molecular flexibility index (Phi) is 4.28. The highest BCUT2D eigenvalue weighted by Gasteiger charge is 2.17. The van der Waals surface area contributed by atoms with Crippen LogP contribution in [-0.2, 0) is 4.74 Å². The highest BCUT2D eigenvalue weighted by atomic mass is 32.1. The van der Waals surface area contributed by atoms with Crippen LogP contribution in [-0.4, -0.2) is 24.0 Å². The number of ether oxygens (including phenoxy) is 1. The number of thiophene rings is 1. The van der Waals surface area contributed by atoms with Crippen molar-refractivity contribution in [3.63, 3.8) is 0 Å². The predicted octanol–water partition coefficient (Wildman–Crippen LogP) is 2.76. The van der Waals surface area contributed by atoms with Crippen LogP contribution in [0.4, 0.5) is 4.79 Å². The van der Waals surface area contributed by atoms with Crippen molar-refractivity contribution in [1.82, 2.24) is 5.32 Å². The van der Waals surface area contributed by atoms with Gasteiger partial charge >= 0.3 is 6.09 Å². The SMILES string of the molecule is Cc1ccsc1C(=O)CNC(=O)OC(C)(C)C. The molecule has 1 aromatic rings. The summed E-state index contributed by atoms with van der Waals surface area (Å²) in [6.45, 7) is 7.17. The van der Waals surface area contributed by atoms with Crippen LogP contribution < -0.4 is 5.32 Å². The Labute approximate surface area is 105 Å². The van der Waals surface area contributed by atoms with E-state index < -0.39 is 11.7 Å². The lowest BCUT2D eigenvalue weighted by atomic mass is 10.2. The first-order valence-electron chi connectivity index (χ1n) is 5.34. The minimum Gasteiger partial charge on any atom is -0.444 e. The van der Waals surface area contributed by atoms with Crippen molar-refractivity contribution in [2.45, 2.75) is 33.3 Å². The van der Waals surface area contributed by atoms with Crippen molar-refractivity contribution in [1.29, 1.82) is 0 Å². The molecule has 17 heavy (non-hydrogen) atoms. The molecular formula is C12H17NO3S. The Morgan fingerprint density at radius 2 is 2.06 bits per heavy atom. The zero-order valence-electron chi connectivity index (χ0n) is 10.5. The number of hydrogen-bond acceptors (Lipinski definition) is 4. The molecule has 1 N–H and O–H groups in total. The lowest BCUT2D eigenvalue weighted by Gasteiger charge is -2.19. The smallest absolute Gasteiger partial charge is 0.408 e. The number of hydrogen-bond donors (Lipinski definition) is 1. The lowest BCUT2D eigenvalue weighted by molar-refractivity contribution is 0.0520. The average molecular weight is 255 g/mol. The van der Waals surface area contributed by atoms with Crippen molar-refractivity contribution in [2.24, 2.45) is 0 Å². The fourth-order valence-corrected chi connectivity index (χ4v) is 2.07. The number of rotatable bonds is 3. The molecule has 0 unspecified atom stereocenters. The molecule has 1 aromatic heterocycles. The summed E-state index contributed by atoms with van der Waals surface area (Å²) in [6, 6.07) is 1.88. The number of amides is 1. The third-order valence-corrected chi connectivity index (χ3v) is 2.97. The molecule has 0 saturated heterocycles. The van der Waals surface area contributed by atoms with Gasteiger partial charge in [0.2, 0.25) is 0 Å². The van der Waals surface area contributed by atoms with Gasteiger partial charge in [-0.05, 0) is 44.7 Å². The van der Waals surface area contributed by atoms with E-state index in [1.165, 1.54) is 11.3 Å². The van der Waals surface area contributed by atoms with Crippen LogP contribution in [0, 0.1) is 6.92 Å². The van der Waals surface area contributed by atoms with Crippen LogP contribution in [0.5, 0.6) is 0 Å². The van der Waals surface area contributed by atoms with Crippen LogP contribution in [0.2, 0.25) is 0 Å². The van der Waals surface area contributed by atoms with Crippen LogP contribution >= 0.6 is 11.3 Å². The summed E-state index contributed by atoms with van der Waals surface area (Å²) < 4.78 is 5.04. The minimum atomic E-state index is -0.569. The van der Waals surface area contributed by atoms with Gasteiger partial charge in [0.1, 0.15) is 5.60 Å². The van der Waals surface area contributed by atoms with E-state index in [-0.39, 0.29) is 12.3 Å². The van der Waals surface area contributed by atoms with Gasteiger partial charge in [0, 0.05) is 0 Å². The highest BCUT2D eigenvalue weighted by molar-refractivity contribution is 7.12. The molecule has 1 rings (SSSR count). The molecule has 1 heterocycles. The molecule has 0 aromatic carbocycles. The molecule has 94 valence electrons. The number of aryl methyl sites for hydroxylation is 1. The van der Waals surface area contributed by atoms with Gasteiger partial charge in [0.15, 0.2) is 5.78 Å². The molecule has 0 atom stereocenters. The third-order valence-electron chi connectivity index (χ3n) is 1.91. The zero-order valence-corrected chi connectivity index (χ0v) is 11.3. The first kappa shape index (κ1) is 13.7. The highest BCUT2D eigenvalue weighted by Crippen LogP contribution is 2.15. The molecule has 4 nitrogen and oxygen atoms in total. The number of ketones is 1. The standard InChI is InChI=1S/C12H17NO3S/c1-8-5-6-17-10(8)9(14)7-13-11(15)16-12(2,3)4/h5-6H,7H2,1-4H3,(H,13,15). The second-order valence-corrected chi connectivity index (χ2v) is 5.63. The maximum Gasteiger partial charge on any atom is 0.408 e. The predicted molar refractivity (Wildman–Crippen MR) is 67.6 cm³/mol. The van der Waals surface area contributed by atoms with Crippen LogP contribution in [0.1, 0.15) is 36.0 Å². The van der Waals surface area contributed by atoms with E-state index in [1.54, 1.807) is 20.8 Å². The molecular weight excluding hydrogens is 238 g/mol. The van der Waals surface area contributed by atoms with Crippen LogP contribution in [0.25, 0.3) is 0 Å². The van der Waals surface area contributed by atoms with Gasteiger partial charge in [0.05, 0.1) is 11.4 Å². The summed E-state index contributed by atoms with van der Waals surface area (Å²) in [5, 5.41) is 4.31. The topological polar surface area (TPSA) is 55.4 Å². The fourth-order valence-electron chi connectivity index (χ4n) is 1.21. The molecule has 5 heteroatoms. The molecule has 0 aliphatic carbocycles. The number of Topliss-reactive ketones (excluding diaryl/α,β-unsaturated/α-hetero) is 1. The van der Waals surface area contributed by atoms with Gasteiger partial charge < -0.3 is 10.1 Å². The number of carbonyl (C=O) groups is 2. The summed E-state index contributed by atoms with van der Waals surface area (Å²) in [4.78, 5) is 23.8. The first-order valence-corrected chi connectivity index (χ1v) is 6.22. The van der Waals surface area contributed by atoms with Gasteiger partial charge in [0.25, 0.3) is 0 Å². The summed E-state index contributed by atoms with van der Waals surface area (Å²) in [7, 11) is 0. The monoisotopic (exact) mass is 255 g/mol. The van der Waals surface area contributed by atoms with Crippen molar-refractivity contribution in [2.75, 3.05) is 6.54 Å². The van der Waals surface area contributed by atoms with E-state index >= 15 is 0 Å². The Morgan fingerprint density at radius 1 is 1.41 bits per heavy atom. The van der Waals surface area contributed by atoms with Gasteiger partial charge in [-0.15, -0.1) is 11.3 Å². The third kappa shape index (κ3) is 4.56. The normalized spacial score (nSPS) is 11.1. The maximum absolute atomic E-state index is 11.7. The molecule has 0 bridgehead atoms. The lowest BCUT2D eigenvalue weighted by Crippen LogP contribution is -2.35. The zero-order chi connectivity index (χ0) is 13.1. The Balaban J connectivity index is 2.45. The summed E-state index contributed by atoms with van der Waals surface area (Å²) in [5.41, 5.74) is 0.386. The molecule has 0 saturated carbocycles. The second kappa shape index (κ2) is 5.31. The molecule has 1 amide bonds. The quantitative estimate of drug-likeness (QED) is 0.845. The fraction of sp³-hybridized carbons (Fsp3) is 0.500. The molecule has 0 aliphatic rings. The van der Waals surface area contributed by atoms with E-state index in [0.29, 0.717) is 4.88 Å². The van der Waals surface area contributed by atoms with Gasteiger partial charge in [-0.2, -0.15) is 0 Å². The van der Waals surface area contributed by atoms with Crippen LogP contribution in [0.15, 0.2) is 11.4 Å². The minimum absolute atomic E-state index is 0.0315. The largest absolute Gasteiger partial charge is 0.444 e. The van der Waals surface area contributed by atoms with Crippen molar-refractivity contribution >= 4 is 23.2 Å². The van der Waals surface area contributed by atoms with Gasteiger partial charge in [-0.25, -0.2) is 4.79 Å². The van der Waals surface area contributed by atoms with Gasteiger partial charge in [-0.1, -0.05) is 0 Å². The number of nitrogens with one attached hydrogen (secondary N) is 1. The second-order valence-electron chi connectivity index (χ2n) is 4.71. The maximum atomic E-state index is 11.7. The van der Waals surface area contributed by atoms with E-state index in [2.05, 4.69) is 5.32 Å². The van der Waals surface area contributed by atoms with E-state index in [4.69, 9.17) is 4.74 Å². The van der Waals surface area contributed by atoms with Crippen molar-refractivity contribution < 1.29 is 14.3 Å². The van der Waals surface area contributed by atoms with E-state index in [1.807, 2.05) is 18.4 Å². The molecule has 0 fully saturated rings. The van der Waals surface area contributed by atoms with E-state index in [0.717, 1.165) is 5.56 Å². The molecule has 0 radical (unpaired) electrons.